The van der Waals surface area contributed by atoms with Crippen LogP contribution in [-0.4, -0.2) is 57.9 Å². The lowest BCUT2D eigenvalue weighted by atomic mass is 9.69. The summed E-state index contributed by atoms with van der Waals surface area (Å²) in [6.07, 6.45) is 3.35. The van der Waals surface area contributed by atoms with Crippen LogP contribution >= 0.6 is 0 Å². The maximum atomic E-state index is 14.1. The standard InChI is InChI=1S/C19H30FN3O3S.C6H6/c1-23(2)6-3-7-27(25,26)22-11-13-4-5-14-12-21-19-17(16(14)8-13)9-15(24)10-18(19)20;1-2-4-6-5-3-1/h9-10,13-14,16,21-22,24H,3-8,11-12H2,1-2H3;1-6H. The van der Waals surface area contributed by atoms with Gasteiger partial charge in [0.05, 0.1) is 11.4 Å². The van der Waals surface area contributed by atoms with Gasteiger partial charge >= 0.3 is 0 Å². The molecule has 33 heavy (non-hydrogen) atoms. The van der Waals surface area contributed by atoms with Crippen LogP contribution in [0.2, 0.25) is 0 Å². The summed E-state index contributed by atoms with van der Waals surface area (Å²) in [6, 6.07) is 14.8. The Bertz CT molecular complexity index is 959. The smallest absolute Gasteiger partial charge is 0.211 e. The molecule has 182 valence electrons. The van der Waals surface area contributed by atoms with Gasteiger partial charge in [0.2, 0.25) is 10.0 Å². The number of anilines is 1. The first kappa shape index (κ1) is 25.5. The van der Waals surface area contributed by atoms with Crippen molar-refractivity contribution in [1.82, 2.24) is 9.62 Å². The maximum Gasteiger partial charge on any atom is 0.211 e. The van der Waals surface area contributed by atoms with E-state index in [-0.39, 0.29) is 23.3 Å². The number of rotatable bonds is 7. The van der Waals surface area contributed by atoms with Crippen molar-refractivity contribution >= 4 is 15.7 Å². The minimum Gasteiger partial charge on any atom is -0.508 e. The Morgan fingerprint density at radius 3 is 2.42 bits per heavy atom. The van der Waals surface area contributed by atoms with Crippen molar-refractivity contribution in [3.05, 3.63) is 59.9 Å². The fraction of sp³-hybridized carbons (Fsp3) is 0.520. The number of phenols is 1. The molecule has 3 N–H and O–H groups in total. The van der Waals surface area contributed by atoms with Crippen molar-refractivity contribution < 1.29 is 17.9 Å². The van der Waals surface area contributed by atoms with Crippen molar-refractivity contribution in [2.75, 3.05) is 44.8 Å². The highest BCUT2D eigenvalue weighted by atomic mass is 32.2. The quantitative estimate of drug-likeness (QED) is 0.525. The fourth-order valence-electron chi connectivity index (χ4n) is 4.73. The van der Waals surface area contributed by atoms with Gasteiger partial charge in [-0.2, -0.15) is 0 Å². The van der Waals surface area contributed by atoms with E-state index < -0.39 is 15.8 Å². The lowest BCUT2D eigenvalue weighted by Crippen LogP contribution is -2.38. The summed E-state index contributed by atoms with van der Waals surface area (Å²) in [5, 5.41) is 13.0. The van der Waals surface area contributed by atoms with E-state index in [2.05, 4.69) is 10.0 Å². The van der Waals surface area contributed by atoms with Gasteiger partial charge in [0.15, 0.2) is 0 Å². The molecule has 0 aromatic heterocycles. The first-order chi connectivity index (χ1) is 15.7. The number of hydrogen-bond donors (Lipinski definition) is 3. The van der Waals surface area contributed by atoms with Gasteiger partial charge in [-0.1, -0.05) is 36.4 Å². The number of sulfonamides is 1. The van der Waals surface area contributed by atoms with Gasteiger partial charge in [0, 0.05) is 19.2 Å². The normalized spacial score (nSPS) is 21.9. The highest BCUT2D eigenvalue weighted by Crippen LogP contribution is 2.47. The SMILES string of the molecule is CN(C)CCCS(=O)(=O)NCC1CCC2CNc3c(F)cc(O)cc3C2C1.c1ccccc1. The molecule has 1 aliphatic heterocycles. The van der Waals surface area contributed by atoms with Gasteiger partial charge in [-0.05, 0) is 75.7 Å². The van der Waals surface area contributed by atoms with Crippen LogP contribution in [0.3, 0.4) is 0 Å². The number of fused-ring (bicyclic) bond motifs is 3. The summed E-state index contributed by atoms with van der Waals surface area (Å²) >= 11 is 0. The second kappa shape index (κ2) is 11.8. The molecule has 0 amide bonds. The van der Waals surface area contributed by atoms with Gasteiger partial charge in [0.25, 0.3) is 0 Å². The molecular weight excluding hydrogens is 441 g/mol. The largest absolute Gasteiger partial charge is 0.508 e. The molecule has 0 radical (unpaired) electrons. The van der Waals surface area contributed by atoms with Crippen LogP contribution in [-0.2, 0) is 10.0 Å². The number of hydrogen-bond acceptors (Lipinski definition) is 5. The number of aromatic hydroxyl groups is 1. The third-order valence-electron chi connectivity index (χ3n) is 6.42. The number of nitrogens with one attached hydrogen (secondary N) is 2. The lowest BCUT2D eigenvalue weighted by Gasteiger charge is -2.41. The van der Waals surface area contributed by atoms with Crippen LogP contribution in [0.1, 0.15) is 37.2 Å². The third kappa shape index (κ3) is 7.69. The maximum absolute atomic E-state index is 14.1. The van der Waals surface area contributed by atoms with Crippen molar-refractivity contribution in [2.24, 2.45) is 11.8 Å². The van der Waals surface area contributed by atoms with Crippen molar-refractivity contribution in [2.45, 2.75) is 31.6 Å². The topological polar surface area (TPSA) is 81.7 Å². The molecule has 2 aromatic rings. The molecule has 1 heterocycles. The van der Waals surface area contributed by atoms with E-state index in [1.807, 2.05) is 55.4 Å². The van der Waals surface area contributed by atoms with E-state index in [1.54, 1.807) is 6.07 Å². The molecule has 0 saturated heterocycles. The minimum absolute atomic E-state index is 0.0579. The van der Waals surface area contributed by atoms with Crippen LogP contribution in [0.4, 0.5) is 10.1 Å². The zero-order chi connectivity index (χ0) is 23.8. The van der Waals surface area contributed by atoms with E-state index in [0.717, 1.165) is 44.0 Å². The summed E-state index contributed by atoms with van der Waals surface area (Å²) in [6.45, 7) is 1.90. The van der Waals surface area contributed by atoms with Crippen LogP contribution in [0.15, 0.2) is 48.5 Å². The molecule has 1 saturated carbocycles. The zero-order valence-electron chi connectivity index (χ0n) is 19.5. The Labute approximate surface area is 197 Å². The molecule has 3 unspecified atom stereocenters. The predicted molar refractivity (Wildman–Crippen MR) is 132 cm³/mol. The third-order valence-corrected chi connectivity index (χ3v) is 7.86. The highest BCUT2D eigenvalue weighted by molar-refractivity contribution is 7.89. The van der Waals surface area contributed by atoms with Crippen LogP contribution in [0.25, 0.3) is 0 Å². The van der Waals surface area contributed by atoms with Gasteiger partial charge in [0.1, 0.15) is 11.6 Å². The Hall–Kier alpha value is -2.16. The Balaban J connectivity index is 0.000000442. The Morgan fingerprint density at radius 1 is 1.12 bits per heavy atom. The van der Waals surface area contributed by atoms with Gasteiger partial charge < -0.3 is 15.3 Å². The van der Waals surface area contributed by atoms with Crippen molar-refractivity contribution in [3.8, 4) is 5.75 Å². The van der Waals surface area contributed by atoms with Crippen LogP contribution in [0.5, 0.6) is 5.75 Å². The zero-order valence-corrected chi connectivity index (χ0v) is 20.3. The lowest BCUT2D eigenvalue weighted by molar-refractivity contribution is 0.239. The van der Waals surface area contributed by atoms with E-state index >= 15 is 0 Å². The van der Waals surface area contributed by atoms with Gasteiger partial charge in [-0.25, -0.2) is 17.5 Å². The summed E-state index contributed by atoms with van der Waals surface area (Å²) in [4.78, 5) is 1.97. The Kier molecular flexibility index (Phi) is 9.11. The van der Waals surface area contributed by atoms with Crippen LogP contribution < -0.4 is 10.0 Å². The minimum atomic E-state index is -3.27. The Morgan fingerprint density at radius 2 is 1.79 bits per heavy atom. The molecule has 4 rings (SSSR count). The summed E-state index contributed by atoms with van der Waals surface area (Å²) in [5.41, 5.74) is 1.31. The number of nitrogens with zero attached hydrogens (tertiary/aromatic N) is 1. The molecule has 6 nitrogen and oxygen atoms in total. The molecule has 8 heteroatoms. The number of benzene rings is 2. The number of halogens is 1. The molecule has 2 aromatic carbocycles. The molecule has 1 aliphatic carbocycles. The second-order valence-corrected chi connectivity index (χ2v) is 11.2. The average molecular weight is 478 g/mol. The first-order valence-electron chi connectivity index (χ1n) is 11.6. The molecule has 1 fully saturated rings. The highest BCUT2D eigenvalue weighted by Gasteiger charge is 2.37. The molecule has 0 spiro atoms. The molecule has 3 atom stereocenters. The average Bonchev–Trinajstić information content (AvgIpc) is 2.79. The summed E-state index contributed by atoms with van der Waals surface area (Å²) in [5.74, 6) is 0.429. The molecule has 0 bridgehead atoms. The van der Waals surface area contributed by atoms with Gasteiger partial charge in [-0.3, -0.25) is 0 Å². The fourth-order valence-corrected chi connectivity index (χ4v) is 5.87. The first-order valence-corrected chi connectivity index (χ1v) is 13.3. The van der Waals surface area contributed by atoms with E-state index in [9.17, 15) is 17.9 Å². The van der Waals surface area contributed by atoms with Crippen molar-refractivity contribution in [1.29, 1.82) is 0 Å². The molecular formula is C25H36FN3O3S. The second-order valence-electron chi connectivity index (χ2n) is 9.30. The number of phenolic OH excluding ortho intramolecular Hbond substituents is 1. The van der Waals surface area contributed by atoms with Crippen LogP contribution in [0, 0.1) is 17.7 Å². The molecule has 2 aliphatic rings. The van der Waals surface area contributed by atoms with Crippen molar-refractivity contribution in [3.63, 3.8) is 0 Å². The van der Waals surface area contributed by atoms with Gasteiger partial charge in [-0.15, -0.1) is 0 Å². The monoisotopic (exact) mass is 477 g/mol. The summed E-state index contributed by atoms with van der Waals surface area (Å²) < 4.78 is 41.3. The van der Waals surface area contributed by atoms with E-state index in [1.165, 1.54) is 0 Å². The summed E-state index contributed by atoms with van der Waals surface area (Å²) in [7, 11) is 0.584. The predicted octanol–water partition coefficient (Wildman–Crippen LogP) is 4.01. The van der Waals surface area contributed by atoms with E-state index in [4.69, 9.17) is 0 Å². The van der Waals surface area contributed by atoms with E-state index in [0.29, 0.717) is 24.6 Å².